The predicted molar refractivity (Wildman–Crippen MR) is 147 cm³/mol. The SMILES string of the molecule is NC(N)=NCCCC(NC(=O)C(Cc1ccc(O)cc1)NC(=O)C(CCC(=O)O)NC(=O)C(N)CCC(=O)O)C(=O)O. The van der Waals surface area contributed by atoms with E-state index in [2.05, 4.69) is 20.9 Å². The number of phenolic OH excluding ortho intramolecular Hbond substituents is 1. The van der Waals surface area contributed by atoms with Crippen molar-refractivity contribution in [2.75, 3.05) is 6.54 Å². The van der Waals surface area contributed by atoms with Gasteiger partial charge in [0.15, 0.2) is 5.96 Å². The number of carbonyl (C=O) groups excluding carboxylic acids is 3. The molecular weight excluding hydrogens is 558 g/mol. The number of aromatic hydroxyl groups is 1. The fraction of sp³-hybridized carbons (Fsp3) is 0.480. The van der Waals surface area contributed by atoms with E-state index >= 15 is 0 Å². The van der Waals surface area contributed by atoms with Crippen LogP contribution in [0, 0.1) is 0 Å². The van der Waals surface area contributed by atoms with Crippen LogP contribution < -0.4 is 33.2 Å². The molecule has 4 atom stereocenters. The van der Waals surface area contributed by atoms with Crippen LogP contribution in [-0.2, 0) is 35.2 Å². The molecule has 3 amide bonds. The van der Waals surface area contributed by atoms with Crippen LogP contribution >= 0.6 is 0 Å². The molecule has 0 aliphatic heterocycles. The Morgan fingerprint density at radius 2 is 1.26 bits per heavy atom. The van der Waals surface area contributed by atoms with E-state index in [0.29, 0.717) is 5.56 Å². The summed E-state index contributed by atoms with van der Waals surface area (Å²) in [5.41, 5.74) is 16.7. The molecule has 0 saturated carbocycles. The smallest absolute Gasteiger partial charge is 0.326 e. The van der Waals surface area contributed by atoms with Crippen LogP contribution in [0.1, 0.15) is 44.1 Å². The fourth-order valence-electron chi connectivity index (χ4n) is 3.61. The van der Waals surface area contributed by atoms with Crippen LogP contribution in [0.15, 0.2) is 29.3 Å². The second kappa shape index (κ2) is 17.7. The minimum absolute atomic E-state index is 0.0523. The average Bonchev–Trinajstić information content (AvgIpc) is 2.91. The number of nitrogens with one attached hydrogen (secondary N) is 3. The number of carbonyl (C=O) groups is 6. The minimum atomic E-state index is -1.48. The topological polar surface area (TPSA) is 310 Å². The summed E-state index contributed by atoms with van der Waals surface area (Å²) in [5.74, 6) is -6.85. The van der Waals surface area contributed by atoms with Crippen molar-refractivity contribution in [3.05, 3.63) is 29.8 Å². The van der Waals surface area contributed by atoms with Gasteiger partial charge in [0, 0.05) is 25.8 Å². The maximum absolute atomic E-state index is 13.2. The lowest BCUT2D eigenvalue weighted by molar-refractivity contribution is -0.142. The molecule has 0 bridgehead atoms. The lowest BCUT2D eigenvalue weighted by Crippen LogP contribution is -2.57. The van der Waals surface area contributed by atoms with E-state index in [1.165, 1.54) is 24.3 Å². The highest BCUT2D eigenvalue weighted by atomic mass is 16.4. The number of carboxylic acid groups (broad SMARTS) is 3. The van der Waals surface area contributed by atoms with Gasteiger partial charge in [-0.05, 0) is 43.4 Å². The normalized spacial score (nSPS) is 13.5. The maximum Gasteiger partial charge on any atom is 0.326 e. The number of rotatable bonds is 19. The van der Waals surface area contributed by atoms with Crippen LogP contribution in [0.2, 0.25) is 0 Å². The lowest BCUT2D eigenvalue weighted by atomic mass is 10.0. The van der Waals surface area contributed by atoms with Gasteiger partial charge in [0.05, 0.1) is 6.04 Å². The van der Waals surface area contributed by atoms with Gasteiger partial charge in [-0.25, -0.2) is 4.79 Å². The van der Waals surface area contributed by atoms with Crippen molar-refractivity contribution in [3.8, 4) is 5.75 Å². The first-order valence-electron chi connectivity index (χ1n) is 12.9. The number of phenols is 1. The van der Waals surface area contributed by atoms with E-state index < -0.39 is 79.1 Å². The van der Waals surface area contributed by atoms with Crippen LogP contribution in [0.25, 0.3) is 0 Å². The van der Waals surface area contributed by atoms with Crippen LogP contribution in [0.5, 0.6) is 5.75 Å². The Labute approximate surface area is 240 Å². The highest BCUT2D eigenvalue weighted by Gasteiger charge is 2.31. The Bertz CT molecular complexity index is 1140. The third-order valence-corrected chi connectivity index (χ3v) is 5.85. The van der Waals surface area contributed by atoms with Crippen molar-refractivity contribution in [2.45, 2.75) is 69.1 Å². The zero-order chi connectivity index (χ0) is 31.8. The molecule has 0 heterocycles. The molecule has 232 valence electrons. The molecule has 17 heteroatoms. The quantitative estimate of drug-likeness (QED) is 0.0453. The largest absolute Gasteiger partial charge is 0.508 e. The Morgan fingerprint density at radius 3 is 1.81 bits per heavy atom. The molecule has 0 aliphatic rings. The molecule has 4 unspecified atom stereocenters. The first-order chi connectivity index (χ1) is 19.7. The fourth-order valence-corrected chi connectivity index (χ4v) is 3.61. The molecule has 0 saturated heterocycles. The highest BCUT2D eigenvalue weighted by molar-refractivity contribution is 5.94. The molecule has 0 aromatic heterocycles. The first kappa shape index (κ1) is 35.1. The van der Waals surface area contributed by atoms with Crippen molar-refractivity contribution in [3.63, 3.8) is 0 Å². The Kier molecular flexibility index (Phi) is 14.8. The van der Waals surface area contributed by atoms with Crippen molar-refractivity contribution >= 4 is 41.6 Å². The van der Waals surface area contributed by atoms with E-state index in [9.17, 15) is 39.0 Å². The molecule has 13 N–H and O–H groups in total. The van der Waals surface area contributed by atoms with E-state index in [0.717, 1.165) is 0 Å². The molecule has 42 heavy (non-hydrogen) atoms. The van der Waals surface area contributed by atoms with E-state index in [1.807, 2.05) is 0 Å². The van der Waals surface area contributed by atoms with E-state index in [4.69, 9.17) is 27.4 Å². The van der Waals surface area contributed by atoms with Gasteiger partial charge in [-0.15, -0.1) is 0 Å². The summed E-state index contributed by atoms with van der Waals surface area (Å²) >= 11 is 0. The molecule has 0 aliphatic carbocycles. The second-order valence-corrected chi connectivity index (χ2v) is 9.31. The summed E-state index contributed by atoms with van der Waals surface area (Å²) in [5, 5.41) is 44.1. The number of aliphatic imine (C=N–C) groups is 1. The molecular formula is C25H37N7O10. The van der Waals surface area contributed by atoms with Crippen LogP contribution in [0.4, 0.5) is 0 Å². The van der Waals surface area contributed by atoms with Gasteiger partial charge in [-0.3, -0.25) is 29.0 Å². The third-order valence-electron chi connectivity index (χ3n) is 5.85. The number of hydrogen-bond donors (Lipinski definition) is 10. The van der Waals surface area contributed by atoms with Crippen molar-refractivity contribution in [1.82, 2.24) is 16.0 Å². The Morgan fingerprint density at radius 1 is 0.738 bits per heavy atom. The number of hydrogen-bond acceptors (Lipinski definition) is 9. The summed E-state index contributed by atoms with van der Waals surface area (Å²) in [6, 6.07) is 0.0523. The van der Waals surface area contributed by atoms with Crippen molar-refractivity contribution in [2.24, 2.45) is 22.2 Å². The van der Waals surface area contributed by atoms with Gasteiger partial charge in [-0.2, -0.15) is 0 Å². The number of carboxylic acids is 3. The lowest BCUT2D eigenvalue weighted by Gasteiger charge is -2.25. The van der Waals surface area contributed by atoms with Gasteiger partial charge in [0.1, 0.15) is 23.9 Å². The van der Waals surface area contributed by atoms with Gasteiger partial charge >= 0.3 is 17.9 Å². The number of benzene rings is 1. The average molecular weight is 596 g/mol. The minimum Gasteiger partial charge on any atom is -0.508 e. The Balaban J connectivity index is 3.16. The van der Waals surface area contributed by atoms with Gasteiger partial charge in [0.25, 0.3) is 0 Å². The number of nitrogens with zero attached hydrogens (tertiary/aromatic N) is 1. The summed E-state index contributed by atoms with van der Waals surface area (Å²) in [6.45, 7) is 0.106. The number of aliphatic carboxylic acids is 3. The number of amides is 3. The van der Waals surface area contributed by atoms with Crippen LogP contribution in [-0.4, -0.2) is 92.7 Å². The Hall–Kier alpha value is -4.93. The molecule has 0 fully saturated rings. The summed E-state index contributed by atoms with van der Waals surface area (Å²) in [6.07, 6.45) is -1.63. The summed E-state index contributed by atoms with van der Waals surface area (Å²) in [7, 11) is 0. The second-order valence-electron chi connectivity index (χ2n) is 9.31. The van der Waals surface area contributed by atoms with Crippen molar-refractivity contribution in [1.29, 1.82) is 0 Å². The zero-order valence-corrected chi connectivity index (χ0v) is 22.7. The van der Waals surface area contributed by atoms with Gasteiger partial charge < -0.3 is 53.6 Å². The molecule has 17 nitrogen and oxygen atoms in total. The standard InChI is InChI=1S/C25H37N7O10/c26-15(7-9-19(34)35)21(38)30-16(8-10-20(36)37)22(39)32-18(12-13-3-5-14(33)6-4-13)23(40)31-17(24(41)42)2-1-11-29-25(27)28/h3-6,15-18,33H,1-2,7-12,26H2,(H,30,38)(H,31,40)(H,32,39)(H,34,35)(H,36,37)(H,41,42)(H4,27,28,29). The molecule has 1 aromatic rings. The summed E-state index contributed by atoms with van der Waals surface area (Å²) in [4.78, 5) is 76.4. The number of guanidine groups is 1. The van der Waals surface area contributed by atoms with Crippen LogP contribution in [0.3, 0.4) is 0 Å². The first-order valence-corrected chi connectivity index (χ1v) is 12.9. The predicted octanol–water partition coefficient (Wildman–Crippen LogP) is -2.42. The number of nitrogens with two attached hydrogens (primary N) is 3. The van der Waals surface area contributed by atoms with Crippen molar-refractivity contribution < 1.29 is 49.2 Å². The third kappa shape index (κ3) is 13.9. The van der Waals surface area contributed by atoms with Gasteiger partial charge in [0.2, 0.25) is 17.7 Å². The maximum atomic E-state index is 13.2. The molecule has 0 spiro atoms. The van der Waals surface area contributed by atoms with E-state index in [-0.39, 0.29) is 43.9 Å². The molecule has 1 aromatic carbocycles. The zero-order valence-electron chi connectivity index (χ0n) is 22.7. The highest BCUT2D eigenvalue weighted by Crippen LogP contribution is 2.12. The molecule has 0 radical (unpaired) electrons. The monoisotopic (exact) mass is 595 g/mol. The summed E-state index contributed by atoms with van der Waals surface area (Å²) < 4.78 is 0. The van der Waals surface area contributed by atoms with E-state index in [1.54, 1.807) is 0 Å². The van der Waals surface area contributed by atoms with Gasteiger partial charge in [-0.1, -0.05) is 12.1 Å². The molecule has 1 rings (SSSR count).